The van der Waals surface area contributed by atoms with E-state index in [0.717, 1.165) is 45.3 Å². The van der Waals surface area contributed by atoms with Crippen LogP contribution in [0, 0.1) is 0 Å². The number of ether oxygens (including phenoxy) is 1. The zero-order valence-corrected chi connectivity index (χ0v) is 19.1. The van der Waals surface area contributed by atoms with E-state index in [4.69, 9.17) is 14.7 Å². The molecular weight excluding hydrogens is 468 g/mol. The van der Waals surface area contributed by atoms with Gasteiger partial charge in [-0.25, -0.2) is 14.6 Å². The second-order valence-corrected chi connectivity index (χ2v) is 8.79. The lowest BCUT2D eigenvalue weighted by atomic mass is 10.2. The van der Waals surface area contributed by atoms with Gasteiger partial charge < -0.3 is 15.0 Å². The van der Waals surface area contributed by atoms with Crippen LogP contribution in [0.3, 0.4) is 0 Å². The van der Waals surface area contributed by atoms with Gasteiger partial charge in [-0.3, -0.25) is 4.79 Å². The van der Waals surface area contributed by atoms with Crippen molar-refractivity contribution in [3.63, 3.8) is 0 Å². The summed E-state index contributed by atoms with van der Waals surface area (Å²) in [7, 11) is 0. The number of amides is 1. The number of anilines is 1. The molecule has 1 aliphatic heterocycles. The summed E-state index contributed by atoms with van der Waals surface area (Å²) in [4.78, 5) is 24.2. The van der Waals surface area contributed by atoms with Crippen LogP contribution in [-0.4, -0.2) is 64.3 Å². The molecule has 1 aromatic carbocycles. The van der Waals surface area contributed by atoms with Crippen molar-refractivity contribution < 1.29 is 9.53 Å². The lowest BCUT2D eigenvalue weighted by molar-refractivity contribution is 0.0951. The second-order valence-electron chi connectivity index (χ2n) is 6.70. The van der Waals surface area contributed by atoms with Crippen LogP contribution in [0.1, 0.15) is 17.3 Å². The van der Waals surface area contributed by atoms with Gasteiger partial charge in [0.15, 0.2) is 10.8 Å². The van der Waals surface area contributed by atoms with Crippen molar-refractivity contribution in [2.75, 3.05) is 43.5 Å². The van der Waals surface area contributed by atoms with E-state index in [9.17, 15) is 4.79 Å². The first-order valence-electron chi connectivity index (χ1n) is 9.89. The third-order valence-corrected chi connectivity index (χ3v) is 6.19. The Morgan fingerprint density at radius 3 is 2.83 bits per heavy atom. The van der Waals surface area contributed by atoms with Crippen molar-refractivity contribution >= 4 is 50.5 Å². The highest BCUT2D eigenvalue weighted by molar-refractivity contribution is 9.10. The molecule has 0 saturated carbocycles. The molecule has 0 bridgehead atoms. The van der Waals surface area contributed by atoms with Gasteiger partial charge in [0, 0.05) is 24.1 Å². The molecule has 0 unspecified atom stereocenters. The highest BCUT2D eigenvalue weighted by Gasteiger charge is 2.20. The fourth-order valence-corrected chi connectivity index (χ4v) is 4.34. The molecule has 2 aromatic heterocycles. The van der Waals surface area contributed by atoms with Gasteiger partial charge in [0.05, 0.1) is 36.9 Å². The topological polar surface area (TPSA) is 85.2 Å². The summed E-state index contributed by atoms with van der Waals surface area (Å²) in [6, 6.07) is 7.37. The predicted molar refractivity (Wildman–Crippen MR) is 121 cm³/mol. The quantitative estimate of drug-likeness (QED) is 0.402. The van der Waals surface area contributed by atoms with Gasteiger partial charge in [-0.1, -0.05) is 30.8 Å². The average molecular weight is 491 g/mol. The van der Waals surface area contributed by atoms with Gasteiger partial charge in [0.2, 0.25) is 0 Å². The molecule has 1 amide bonds. The zero-order chi connectivity index (χ0) is 20.9. The fraction of sp³-hybridized carbons (Fsp3) is 0.400. The first kappa shape index (κ1) is 21.1. The number of hydrogen-bond acceptors (Lipinski definition) is 7. The summed E-state index contributed by atoms with van der Waals surface area (Å²) in [5.41, 5.74) is 1.40. The van der Waals surface area contributed by atoms with Crippen LogP contribution in [0.4, 0.5) is 5.82 Å². The van der Waals surface area contributed by atoms with Crippen LogP contribution >= 0.6 is 27.7 Å². The summed E-state index contributed by atoms with van der Waals surface area (Å²) in [5, 5.41) is 9.15. The van der Waals surface area contributed by atoms with Crippen LogP contribution in [0.15, 0.2) is 40.1 Å². The van der Waals surface area contributed by atoms with E-state index in [-0.39, 0.29) is 5.91 Å². The average Bonchev–Trinajstić information content (AvgIpc) is 3.17. The molecule has 3 aromatic rings. The van der Waals surface area contributed by atoms with Gasteiger partial charge in [0.25, 0.3) is 5.91 Å². The van der Waals surface area contributed by atoms with E-state index in [1.807, 2.05) is 29.1 Å². The Labute approximate surface area is 187 Å². The van der Waals surface area contributed by atoms with E-state index in [1.165, 1.54) is 0 Å². The molecule has 8 nitrogen and oxygen atoms in total. The summed E-state index contributed by atoms with van der Waals surface area (Å²) in [6.45, 7) is 6.04. The molecule has 1 N–H and O–H groups in total. The Morgan fingerprint density at radius 2 is 2.07 bits per heavy atom. The molecule has 30 heavy (non-hydrogen) atoms. The van der Waals surface area contributed by atoms with E-state index in [2.05, 4.69) is 38.2 Å². The Hall–Kier alpha value is -2.17. The maximum absolute atomic E-state index is 12.4. The largest absolute Gasteiger partial charge is 0.378 e. The zero-order valence-electron chi connectivity index (χ0n) is 16.7. The number of carbonyl (C=O) groups is 1. The first-order chi connectivity index (χ1) is 14.7. The second kappa shape index (κ2) is 9.76. The molecular formula is C20H23BrN6O2S. The molecule has 10 heteroatoms. The first-order valence-corrected chi connectivity index (χ1v) is 11.7. The normalized spacial score (nSPS) is 14.3. The fourth-order valence-electron chi connectivity index (χ4n) is 3.31. The number of thioether (sulfide) groups is 1. The minimum absolute atomic E-state index is 0.121. The van der Waals surface area contributed by atoms with Crippen molar-refractivity contribution in [3.8, 4) is 0 Å². The van der Waals surface area contributed by atoms with Crippen molar-refractivity contribution in [1.29, 1.82) is 0 Å². The molecule has 0 atom stereocenters. The lowest BCUT2D eigenvalue weighted by Gasteiger charge is -2.28. The summed E-state index contributed by atoms with van der Waals surface area (Å²) >= 11 is 5.03. The van der Waals surface area contributed by atoms with Gasteiger partial charge in [-0.05, 0) is 33.8 Å². The van der Waals surface area contributed by atoms with Crippen molar-refractivity contribution in [2.24, 2.45) is 0 Å². The van der Waals surface area contributed by atoms with Crippen LogP contribution < -0.4 is 10.2 Å². The molecule has 158 valence electrons. The summed E-state index contributed by atoms with van der Waals surface area (Å²) in [5.74, 6) is 1.68. The standard InChI is InChI=1S/C20H23BrN6O2S/c1-2-30-20-24-17(26-9-11-29-12-10-26)15-13-23-27(18(15)25-20)8-7-22-19(28)14-5-3-4-6-16(14)21/h3-6,13H,2,7-12H2,1H3,(H,22,28). The molecule has 3 heterocycles. The number of morpholine rings is 1. The Bertz CT molecular complexity index is 1040. The third kappa shape index (κ3) is 4.60. The SMILES string of the molecule is CCSc1nc(N2CCOCC2)c2cnn(CCNC(=O)c3ccccc3Br)c2n1. The molecule has 1 aliphatic rings. The lowest BCUT2D eigenvalue weighted by Crippen LogP contribution is -2.37. The highest BCUT2D eigenvalue weighted by atomic mass is 79.9. The molecule has 1 saturated heterocycles. The minimum Gasteiger partial charge on any atom is -0.378 e. The van der Waals surface area contributed by atoms with E-state index < -0.39 is 0 Å². The van der Waals surface area contributed by atoms with Gasteiger partial charge in [-0.15, -0.1) is 0 Å². The van der Waals surface area contributed by atoms with E-state index in [0.29, 0.717) is 31.9 Å². The Morgan fingerprint density at radius 1 is 1.27 bits per heavy atom. The number of carbonyl (C=O) groups excluding carboxylic acids is 1. The smallest absolute Gasteiger partial charge is 0.252 e. The van der Waals surface area contributed by atoms with Crippen LogP contribution in [0.25, 0.3) is 11.0 Å². The molecule has 0 spiro atoms. The molecule has 0 radical (unpaired) electrons. The Kier molecular flexibility index (Phi) is 6.86. The van der Waals surface area contributed by atoms with E-state index >= 15 is 0 Å². The number of hydrogen-bond donors (Lipinski definition) is 1. The molecule has 1 fully saturated rings. The Balaban J connectivity index is 1.53. The van der Waals surface area contributed by atoms with Crippen LogP contribution in [0.5, 0.6) is 0 Å². The monoisotopic (exact) mass is 490 g/mol. The predicted octanol–water partition coefficient (Wildman–Crippen LogP) is 2.97. The number of benzene rings is 1. The van der Waals surface area contributed by atoms with Crippen molar-refractivity contribution in [1.82, 2.24) is 25.1 Å². The van der Waals surface area contributed by atoms with Gasteiger partial charge >= 0.3 is 0 Å². The van der Waals surface area contributed by atoms with Gasteiger partial charge in [-0.2, -0.15) is 5.10 Å². The van der Waals surface area contributed by atoms with Crippen LogP contribution in [0.2, 0.25) is 0 Å². The number of nitrogens with one attached hydrogen (secondary N) is 1. The summed E-state index contributed by atoms with van der Waals surface area (Å²) in [6.07, 6.45) is 1.82. The summed E-state index contributed by atoms with van der Waals surface area (Å²) < 4.78 is 8.09. The van der Waals surface area contributed by atoms with Crippen molar-refractivity contribution in [3.05, 3.63) is 40.5 Å². The maximum atomic E-state index is 12.4. The number of halogens is 1. The van der Waals surface area contributed by atoms with Crippen molar-refractivity contribution in [2.45, 2.75) is 18.6 Å². The van der Waals surface area contributed by atoms with Crippen LogP contribution in [-0.2, 0) is 11.3 Å². The number of aromatic nitrogens is 4. The minimum atomic E-state index is -0.121. The number of rotatable bonds is 7. The molecule has 0 aliphatic carbocycles. The van der Waals surface area contributed by atoms with Gasteiger partial charge in [0.1, 0.15) is 5.82 Å². The third-order valence-electron chi connectivity index (χ3n) is 4.77. The number of nitrogens with zero attached hydrogens (tertiary/aromatic N) is 5. The highest BCUT2D eigenvalue weighted by Crippen LogP contribution is 2.27. The molecule has 4 rings (SSSR count). The number of fused-ring (bicyclic) bond motifs is 1. The maximum Gasteiger partial charge on any atom is 0.252 e. The van der Waals surface area contributed by atoms with E-state index in [1.54, 1.807) is 17.8 Å².